The number of rotatable bonds is 8. The standard InChI is InChI=1S/C20H23FN6O3S/c1-4-26(5-2)31(29,30)18-12-17(11-6-14(18)3)22-19(28)13-27-24-20(23-25-27)15-7-9-16(21)10-8-15/h6-12H,4-5,13H2,1-3H3,(H,22,28). The van der Waals surface area contributed by atoms with E-state index in [2.05, 4.69) is 20.7 Å². The Labute approximate surface area is 179 Å². The molecular formula is C20H23FN6O3S. The smallest absolute Gasteiger partial charge is 0.248 e. The largest absolute Gasteiger partial charge is 0.324 e. The van der Waals surface area contributed by atoms with Crippen LogP contribution in [-0.4, -0.2) is 51.9 Å². The molecule has 9 nitrogen and oxygen atoms in total. The van der Waals surface area contributed by atoms with Crippen molar-refractivity contribution in [2.45, 2.75) is 32.2 Å². The Bertz CT molecular complexity index is 1170. The number of nitrogens with one attached hydrogen (secondary N) is 1. The highest BCUT2D eigenvalue weighted by atomic mass is 32.2. The van der Waals surface area contributed by atoms with Crippen LogP contribution in [0, 0.1) is 12.7 Å². The number of aryl methyl sites for hydroxylation is 1. The van der Waals surface area contributed by atoms with Gasteiger partial charge < -0.3 is 5.32 Å². The zero-order valence-electron chi connectivity index (χ0n) is 17.4. The highest BCUT2D eigenvalue weighted by Gasteiger charge is 2.24. The zero-order valence-corrected chi connectivity index (χ0v) is 18.2. The fraction of sp³-hybridized carbons (Fsp3) is 0.300. The van der Waals surface area contributed by atoms with E-state index in [0.717, 1.165) is 4.80 Å². The molecule has 0 spiro atoms. The van der Waals surface area contributed by atoms with Crippen LogP contribution < -0.4 is 5.32 Å². The number of halogens is 1. The molecule has 0 radical (unpaired) electrons. The molecule has 0 fully saturated rings. The van der Waals surface area contributed by atoms with Gasteiger partial charge in [0.2, 0.25) is 21.8 Å². The number of nitrogens with zero attached hydrogens (tertiary/aromatic N) is 5. The lowest BCUT2D eigenvalue weighted by Gasteiger charge is -2.20. The average molecular weight is 447 g/mol. The molecule has 0 atom stereocenters. The number of hydrogen-bond acceptors (Lipinski definition) is 6. The number of carbonyl (C=O) groups excluding carboxylic acids is 1. The molecule has 0 saturated heterocycles. The summed E-state index contributed by atoms with van der Waals surface area (Å²) >= 11 is 0. The van der Waals surface area contributed by atoms with Gasteiger partial charge in [-0.05, 0) is 54.1 Å². The number of carbonyl (C=O) groups is 1. The van der Waals surface area contributed by atoms with Crippen LogP contribution in [0.15, 0.2) is 47.4 Å². The summed E-state index contributed by atoms with van der Waals surface area (Å²) in [4.78, 5) is 13.7. The first-order valence-electron chi connectivity index (χ1n) is 9.69. The predicted molar refractivity (Wildman–Crippen MR) is 113 cm³/mol. The van der Waals surface area contributed by atoms with Gasteiger partial charge in [-0.1, -0.05) is 19.9 Å². The van der Waals surface area contributed by atoms with Crippen LogP contribution in [0.1, 0.15) is 19.4 Å². The molecule has 31 heavy (non-hydrogen) atoms. The summed E-state index contributed by atoms with van der Waals surface area (Å²) < 4.78 is 40.1. The number of aromatic nitrogens is 4. The number of amides is 1. The van der Waals surface area contributed by atoms with Gasteiger partial charge in [-0.2, -0.15) is 9.10 Å². The van der Waals surface area contributed by atoms with Gasteiger partial charge in [0, 0.05) is 24.3 Å². The zero-order chi connectivity index (χ0) is 22.6. The summed E-state index contributed by atoms with van der Waals surface area (Å²) in [5, 5.41) is 14.5. The number of sulfonamides is 1. The Balaban J connectivity index is 1.73. The van der Waals surface area contributed by atoms with E-state index >= 15 is 0 Å². The minimum Gasteiger partial charge on any atom is -0.324 e. The maximum Gasteiger partial charge on any atom is 0.248 e. The molecule has 0 aliphatic carbocycles. The number of benzene rings is 2. The topological polar surface area (TPSA) is 110 Å². The Morgan fingerprint density at radius 3 is 2.45 bits per heavy atom. The molecule has 164 valence electrons. The molecule has 0 unspecified atom stereocenters. The molecule has 1 aromatic heterocycles. The highest BCUT2D eigenvalue weighted by molar-refractivity contribution is 7.89. The molecule has 3 rings (SSSR count). The van der Waals surface area contributed by atoms with Crippen LogP contribution >= 0.6 is 0 Å². The van der Waals surface area contributed by atoms with Crippen molar-refractivity contribution in [1.29, 1.82) is 0 Å². The predicted octanol–water partition coefficient (Wildman–Crippen LogP) is 2.46. The van der Waals surface area contributed by atoms with E-state index in [1.807, 2.05) is 0 Å². The average Bonchev–Trinajstić information content (AvgIpc) is 3.18. The molecule has 3 aromatic rings. The van der Waals surface area contributed by atoms with Crippen LogP contribution in [0.5, 0.6) is 0 Å². The first kappa shape index (κ1) is 22.5. The summed E-state index contributed by atoms with van der Waals surface area (Å²) in [6.45, 7) is 5.73. The Morgan fingerprint density at radius 1 is 1.13 bits per heavy atom. The molecule has 0 bridgehead atoms. The van der Waals surface area contributed by atoms with E-state index in [-0.39, 0.29) is 23.1 Å². The van der Waals surface area contributed by atoms with Gasteiger partial charge in [0.25, 0.3) is 0 Å². The van der Waals surface area contributed by atoms with E-state index < -0.39 is 15.9 Å². The van der Waals surface area contributed by atoms with Crippen LogP contribution in [0.2, 0.25) is 0 Å². The van der Waals surface area contributed by atoms with E-state index in [9.17, 15) is 17.6 Å². The fourth-order valence-electron chi connectivity index (χ4n) is 3.01. The van der Waals surface area contributed by atoms with Crippen molar-refractivity contribution >= 4 is 21.6 Å². The minimum atomic E-state index is -3.66. The van der Waals surface area contributed by atoms with Gasteiger partial charge in [-0.3, -0.25) is 4.79 Å². The second kappa shape index (κ2) is 9.31. The lowest BCUT2D eigenvalue weighted by molar-refractivity contribution is -0.117. The summed E-state index contributed by atoms with van der Waals surface area (Å²) in [6.07, 6.45) is 0. The molecule has 1 heterocycles. The third kappa shape index (κ3) is 5.12. The molecule has 0 aliphatic heterocycles. The number of hydrogen-bond donors (Lipinski definition) is 1. The lowest BCUT2D eigenvalue weighted by atomic mass is 10.2. The third-order valence-corrected chi connectivity index (χ3v) is 6.83. The van der Waals surface area contributed by atoms with E-state index in [0.29, 0.717) is 29.9 Å². The lowest BCUT2D eigenvalue weighted by Crippen LogP contribution is -2.31. The van der Waals surface area contributed by atoms with E-state index in [1.54, 1.807) is 32.9 Å². The molecule has 11 heteroatoms. The second-order valence-electron chi connectivity index (χ2n) is 6.77. The quantitative estimate of drug-likeness (QED) is 0.569. The summed E-state index contributed by atoms with van der Waals surface area (Å²) in [7, 11) is -3.66. The Morgan fingerprint density at radius 2 is 1.81 bits per heavy atom. The molecule has 0 saturated carbocycles. The second-order valence-corrected chi connectivity index (χ2v) is 8.67. The normalized spacial score (nSPS) is 11.6. The first-order chi connectivity index (χ1) is 14.7. The van der Waals surface area contributed by atoms with Gasteiger partial charge in [0.1, 0.15) is 12.4 Å². The van der Waals surface area contributed by atoms with E-state index in [4.69, 9.17) is 0 Å². The van der Waals surface area contributed by atoms with Crippen LogP contribution in [0.25, 0.3) is 11.4 Å². The molecule has 2 aromatic carbocycles. The van der Waals surface area contributed by atoms with Crippen LogP contribution in [0.3, 0.4) is 0 Å². The van der Waals surface area contributed by atoms with Crippen LogP contribution in [0.4, 0.5) is 10.1 Å². The monoisotopic (exact) mass is 446 g/mol. The Kier molecular flexibility index (Phi) is 6.76. The van der Waals surface area contributed by atoms with Crippen molar-refractivity contribution in [3.63, 3.8) is 0 Å². The summed E-state index contributed by atoms with van der Waals surface area (Å²) in [5.74, 6) is -0.565. The van der Waals surface area contributed by atoms with Gasteiger partial charge in [0.05, 0.1) is 4.90 Å². The Hall–Kier alpha value is -3.18. The van der Waals surface area contributed by atoms with Crippen molar-refractivity contribution in [2.75, 3.05) is 18.4 Å². The van der Waals surface area contributed by atoms with Crippen molar-refractivity contribution < 1.29 is 17.6 Å². The summed E-state index contributed by atoms with van der Waals surface area (Å²) in [6, 6.07) is 10.3. The molecular weight excluding hydrogens is 423 g/mol. The van der Waals surface area contributed by atoms with Gasteiger partial charge >= 0.3 is 0 Å². The highest BCUT2D eigenvalue weighted by Crippen LogP contribution is 2.23. The number of tetrazole rings is 1. The third-order valence-electron chi connectivity index (χ3n) is 4.64. The summed E-state index contributed by atoms with van der Waals surface area (Å²) in [5.41, 5.74) is 1.50. The molecule has 1 N–H and O–H groups in total. The SMILES string of the molecule is CCN(CC)S(=O)(=O)c1cc(NC(=O)Cn2nnc(-c3ccc(F)cc3)n2)ccc1C. The molecule has 1 amide bonds. The fourth-order valence-corrected chi connectivity index (χ4v) is 4.72. The number of anilines is 1. The maximum absolute atomic E-state index is 13.0. The van der Waals surface area contributed by atoms with Gasteiger partial charge in [-0.25, -0.2) is 12.8 Å². The van der Waals surface area contributed by atoms with Crippen molar-refractivity contribution in [3.05, 3.63) is 53.8 Å². The maximum atomic E-state index is 13.0. The molecule has 0 aliphatic rings. The van der Waals surface area contributed by atoms with Crippen LogP contribution in [-0.2, 0) is 21.4 Å². The first-order valence-corrected chi connectivity index (χ1v) is 11.1. The van der Waals surface area contributed by atoms with Crippen molar-refractivity contribution in [3.8, 4) is 11.4 Å². The minimum absolute atomic E-state index is 0.145. The van der Waals surface area contributed by atoms with Gasteiger partial charge in [-0.15, -0.1) is 10.2 Å². The van der Waals surface area contributed by atoms with Gasteiger partial charge in [0.15, 0.2) is 0 Å². The van der Waals surface area contributed by atoms with E-state index in [1.165, 1.54) is 34.6 Å². The van der Waals surface area contributed by atoms with Crippen molar-refractivity contribution in [1.82, 2.24) is 24.5 Å². The van der Waals surface area contributed by atoms with Crippen molar-refractivity contribution in [2.24, 2.45) is 0 Å².